The molecule has 0 saturated heterocycles. The molecule has 0 fully saturated rings. The Kier molecular flexibility index (Phi) is 5.01. The molecule has 6 heteroatoms. The highest BCUT2D eigenvalue weighted by Crippen LogP contribution is 2.31. The van der Waals surface area contributed by atoms with Gasteiger partial charge in [0.1, 0.15) is 5.41 Å². The van der Waals surface area contributed by atoms with E-state index in [0.29, 0.717) is 5.56 Å². The number of ether oxygens (including phenoxy) is 2. The Hall–Kier alpha value is -2.42. The van der Waals surface area contributed by atoms with Crippen LogP contribution in [-0.4, -0.2) is 31.1 Å². The molecule has 0 spiro atoms. The van der Waals surface area contributed by atoms with Gasteiger partial charge in [0.25, 0.3) is 0 Å². The van der Waals surface area contributed by atoms with Crippen LogP contribution < -0.4 is 0 Å². The molecule has 1 aromatic heterocycles. The van der Waals surface area contributed by atoms with Crippen molar-refractivity contribution < 1.29 is 19.1 Å². The van der Waals surface area contributed by atoms with Gasteiger partial charge in [-0.25, -0.2) is 0 Å². The lowest BCUT2D eigenvalue weighted by molar-refractivity contribution is -0.144. The molecule has 0 atom stereocenters. The minimum absolute atomic E-state index is 0.235. The van der Waals surface area contributed by atoms with Gasteiger partial charge in [-0.15, -0.1) is 0 Å². The lowest BCUT2D eigenvalue weighted by Gasteiger charge is -2.24. The van der Waals surface area contributed by atoms with Crippen LogP contribution in [0.1, 0.15) is 18.4 Å². The summed E-state index contributed by atoms with van der Waals surface area (Å²) in [6.07, 6.45) is 2.53. The normalized spacial score (nSPS) is 10.4. The van der Waals surface area contributed by atoms with Crippen LogP contribution in [0.15, 0.2) is 24.5 Å². The molecule has 0 aliphatic carbocycles. The van der Waals surface area contributed by atoms with E-state index in [0.717, 1.165) is 0 Å². The zero-order valence-electron chi connectivity index (χ0n) is 10.8. The lowest BCUT2D eigenvalue weighted by atomic mass is 9.77. The first-order valence-electron chi connectivity index (χ1n) is 5.53. The molecule has 100 valence electrons. The topological polar surface area (TPSA) is 89.3 Å². The van der Waals surface area contributed by atoms with Gasteiger partial charge >= 0.3 is 11.9 Å². The Bertz CT molecular complexity index is 475. The van der Waals surface area contributed by atoms with Crippen molar-refractivity contribution in [3.63, 3.8) is 0 Å². The molecule has 0 amide bonds. The molecule has 1 rings (SSSR count). The molecule has 0 bridgehead atoms. The summed E-state index contributed by atoms with van der Waals surface area (Å²) in [6, 6.07) is 5.30. The van der Waals surface area contributed by atoms with Gasteiger partial charge in [-0.1, -0.05) is 6.07 Å². The van der Waals surface area contributed by atoms with Crippen LogP contribution >= 0.6 is 0 Å². The van der Waals surface area contributed by atoms with E-state index < -0.39 is 17.4 Å². The molecule has 0 unspecified atom stereocenters. The van der Waals surface area contributed by atoms with Gasteiger partial charge in [0, 0.05) is 12.4 Å². The number of carbonyl (C=O) groups is 2. The standard InChI is InChI=1S/C13H14N2O4/c1-18-11(16)6-13(9-14,7-12(17)19-2)10-4-3-5-15-8-10/h3-5,8H,6-7H2,1-2H3. The van der Waals surface area contributed by atoms with E-state index in [1.165, 1.54) is 20.4 Å². The Balaban J connectivity index is 3.18. The van der Waals surface area contributed by atoms with Crippen LogP contribution in [0.3, 0.4) is 0 Å². The second kappa shape index (κ2) is 6.50. The van der Waals surface area contributed by atoms with Crippen molar-refractivity contribution in [3.8, 4) is 6.07 Å². The summed E-state index contributed by atoms with van der Waals surface area (Å²) in [5.41, 5.74) is -0.845. The number of hydrogen-bond donors (Lipinski definition) is 0. The summed E-state index contributed by atoms with van der Waals surface area (Å²) in [5, 5.41) is 9.43. The first-order valence-corrected chi connectivity index (χ1v) is 5.53. The molecule has 0 N–H and O–H groups in total. The zero-order valence-corrected chi connectivity index (χ0v) is 10.8. The third-order valence-electron chi connectivity index (χ3n) is 2.78. The second-order valence-corrected chi connectivity index (χ2v) is 3.94. The lowest BCUT2D eigenvalue weighted by Crippen LogP contribution is -2.32. The molecule has 0 saturated carbocycles. The minimum Gasteiger partial charge on any atom is -0.469 e. The van der Waals surface area contributed by atoms with E-state index in [-0.39, 0.29) is 12.8 Å². The number of nitriles is 1. The fourth-order valence-electron chi connectivity index (χ4n) is 1.69. The van der Waals surface area contributed by atoms with Crippen molar-refractivity contribution in [3.05, 3.63) is 30.1 Å². The maximum absolute atomic E-state index is 11.5. The zero-order chi connectivity index (χ0) is 14.3. The highest BCUT2D eigenvalue weighted by Gasteiger charge is 2.38. The molecule has 0 aliphatic heterocycles. The molecule has 19 heavy (non-hydrogen) atoms. The first kappa shape index (κ1) is 14.6. The van der Waals surface area contributed by atoms with Gasteiger partial charge in [0.15, 0.2) is 0 Å². The SMILES string of the molecule is COC(=O)CC(C#N)(CC(=O)OC)c1cccnc1. The fraction of sp³-hybridized carbons (Fsp3) is 0.385. The highest BCUT2D eigenvalue weighted by atomic mass is 16.5. The summed E-state index contributed by atoms with van der Waals surface area (Å²) < 4.78 is 9.16. The third kappa shape index (κ3) is 3.52. The van der Waals surface area contributed by atoms with Gasteiger partial charge in [-0.2, -0.15) is 5.26 Å². The third-order valence-corrected chi connectivity index (χ3v) is 2.78. The molecular formula is C13H14N2O4. The van der Waals surface area contributed by atoms with Gasteiger partial charge in [0.2, 0.25) is 0 Å². The van der Waals surface area contributed by atoms with Crippen LogP contribution in [0.4, 0.5) is 0 Å². The minimum atomic E-state index is -1.32. The Morgan fingerprint density at radius 2 is 1.89 bits per heavy atom. The quantitative estimate of drug-likeness (QED) is 0.734. The molecule has 0 aliphatic rings. The van der Waals surface area contributed by atoms with Crippen molar-refractivity contribution >= 4 is 11.9 Å². The number of carbonyl (C=O) groups excluding carboxylic acids is 2. The van der Waals surface area contributed by atoms with Crippen molar-refractivity contribution in [2.45, 2.75) is 18.3 Å². The largest absolute Gasteiger partial charge is 0.469 e. The molecule has 0 radical (unpaired) electrons. The van der Waals surface area contributed by atoms with Crippen molar-refractivity contribution in [2.24, 2.45) is 0 Å². The summed E-state index contributed by atoms with van der Waals surface area (Å²) in [4.78, 5) is 26.9. The number of hydrogen-bond acceptors (Lipinski definition) is 6. The van der Waals surface area contributed by atoms with Crippen LogP contribution in [0.5, 0.6) is 0 Å². The van der Waals surface area contributed by atoms with Crippen molar-refractivity contribution in [2.75, 3.05) is 14.2 Å². The van der Waals surface area contributed by atoms with Gasteiger partial charge in [0.05, 0.1) is 33.1 Å². The fourth-order valence-corrected chi connectivity index (χ4v) is 1.69. The first-order chi connectivity index (χ1) is 9.07. The average Bonchev–Trinajstić information content (AvgIpc) is 2.46. The Labute approximate surface area is 111 Å². The second-order valence-electron chi connectivity index (χ2n) is 3.94. The van der Waals surface area contributed by atoms with Crippen LogP contribution in [-0.2, 0) is 24.5 Å². The summed E-state index contributed by atoms with van der Waals surface area (Å²) in [6.45, 7) is 0. The van der Waals surface area contributed by atoms with E-state index >= 15 is 0 Å². The predicted octanol–water partition coefficient (Wildman–Crippen LogP) is 0.969. The molecule has 1 heterocycles. The number of nitrogens with zero attached hydrogens (tertiary/aromatic N) is 2. The summed E-state index contributed by atoms with van der Waals surface area (Å²) >= 11 is 0. The van der Waals surface area contributed by atoms with E-state index in [2.05, 4.69) is 14.5 Å². The van der Waals surface area contributed by atoms with E-state index in [1.54, 1.807) is 18.3 Å². The average molecular weight is 262 g/mol. The van der Waals surface area contributed by atoms with E-state index in [4.69, 9.17) is 0 Å². The predicted molar refractivity (Wildman–Crippen MR) is 64.8 cm³/mol. The molecule has 0 aromatic carbocycles. The monoisotopic (exact) mass is 262 g/mol. The number of aromatic nitrogens is 1. The number of methoxy groups -OCH3 is 2. The van der Waals surface area contributed by atoms with Gasteiger partial charge in [-0.3, -0.25) is 14.6 Å². The van der Waals surface area contributed by atoms with Crippen LogP contribution in [0, 0.1) is 11.3 Å². The Morgan fingerprint density at radius 1 is 1.32 bits per heavy atom. The highest BCUT2D eigenvalue weighted by molar-refractivity contribution is 5.77. The smallest absolute Gasteiger partial charge is 0.307 e. The maximum Gasteiger partial charge on any atom is 0.307 e. The maximum atomic E-state index is 11.5. The molecule has 6 nitrogen and oxygen atoms in total. The van der Waals surface area contributed by atoms with Gasteiger partial charge < -0.3 is 9.47 Å². The molecule has 1 aromatic rings. The summed E-state index contributed by atoms with van der Waals surface area (Å²) in [5.74, 6) is -1.15. The van der Waals surface area contributed by atoms with E-state index in [1.807, 2.05) is 6.07 Å². The Morgan fingerprint density at radius 3 is 2.26 bits per heavy atom. The van der Waals surface area contributed by atoms with E-state index in [9.17, 15) is 14.9 Å². The van der Waals surface area contributed by atoms with Crippen molar-refractivity contribution in [1.29, 1.82) is 5.26 Å². The van der Waals surface area contributed by atoms with Crippen LogP contribution in [0.2, 0.25) is 0 Å². The number of rotatable bonds is 5. The summed E-state index contributed by atoms with van der Waals surface area (Å²) in [7, 11) is 2.46. The van der Waals surface area contributed by atoms with Crippen LogP contribution in [0.25, 0.3) is 0 Å². The number of esters is 2. The van der Waals surface area contributed by atoms with Gasteiger partial charge in [-0.05, 0) is 11.6 Å². The van der Waals surface area contributed by atoms with Crippen molar-refractivity contribution in [1.82, 2.24) is 4.98 Å². The number of pyridine rings is 1. The molecular weight excluding hydrogens is 248 g/mol.